The molecule has 150 valence electrons. The number of rotatable bonds is 5. The van der Waals surface area contributed by atoms with Gasteiger partial charge in [0.25, 0.3) is 0 Å². The van der Waals surface area contributed by atoms with Crippen LogP contribution in [0.2, 0.25) is 0 Å². The lowest BCUT2D eigenvalue weighted by molar-refractivity contribution is -0.0685. The van der Waals surface area contributed by atoms with E-state index in [-0.39, 0.29) is 23.6 Å². The summed E-state index contributed by atoms with van der Waals surface area (Å²) in [7, 11) is -3.04. The van der Waals surface area contributed by atoms with E-state index in [2.05, 4.69) is 10.6 Å². The summed E-state index contributed by atoms with van der Waals surface area (Å²) in [6.45, 7) is 5.03. The number of ether oxygens (including phenoxy) is 2. The van der Waals surface area contributed by atoms with Crippen molar-refractivity contribution in [1.29, 1.82) is 0 Å². The first-order valence-corrected chi connectivity index (χ1v) is 11.3. The fourth-order valence-electron chi connectivity index (χ4n) is 3.72. The third-order valence-electron chi connectivity index (χ3n) is 5.03. The lowest BCUT2D eigenvalue weighted by atomic mass is 9.90. The Morgan fingerprint density at radius 1 is 1.41 bits per heavy atom. The van der Waals surface area contributed by atoms with Crippen LogP contribution in [-0.4, -0.2) is 50.8 Å². The zero-order valence-corrected chi connectivity index (χ0v) is 16.7. The molecule has 2 heterocycles. The molecule has 2 N–H and O–H groups in total. The molecule has 27 heavy (non-hydrogen) atoms. The molecule has 0 radical (unpaired) electrons. The largest absolute Gasteiger partial charge is 0.491 e. The van der Waals surface area contributed by atoms with Crippen molar-refractivity contribution in [3.63, 3.8) is 0 Å². The molecule has 0 bridgehead atoms. The van der Waals surface area contributed by atoms with Gasteiger partial charge in [0.15, 0.2) is 9.84 Å². The highest BCUT2D eigenvalue weighted by atomic mass is 32.2. The maximum atomic E-state index is 12.5. The van der Waals surface area contributed by atoms with Crippen LogP contribution in [0.15, 0.2) is 18.2 Å². The van der Waals surface area contributed by atoms with Crippen molar-refractivity contribution in [3.8, 4) is 5.75 Å². The smallest absolute Gasteiger partial charge is 0.319 e. The SMILES string of the molecule is CCCOc1cc(C)ccc1NC(=O)N[C@@H]1CCO[C@]2(CCS(=O)(=O)C2)C1. The highest BCUT2D eigenvalue weighted by Crippen LogP contribution is 2.35. The summed E-state index contributed by atoms with van der Waals surface area (Å²) in [5.74, 6) is 0.859. The van der Waals surface area contributed by atoms with Crippen molar-refractivity contribution in [3.05, 3.63) is 23.8 Å². The van der Waals surface area contributed by atoms with E-state index in [4.69, 9.17) is 9.47 Å². The number of aryl methyl sites for hydroxylation is 1. The van der Waals surface area contributed by atoms with Gasteiger partial charge in [-0.05, 0) is 50.3 Å². The average Bonchev–Trinajstić information content (AvgIpc) is 2.89. The molecule has 0 saturated carbocycles. The Morgan fingerprint density at radius 2 is 2.22 bits per heavy atom. The van der Waals surface area contributed by atoms with Crippen LogP contribution >= 0.6 is 0 Å². The molecular weight excluding hydrogens is 368 g/mol. The number of nitrogens with one attached hydrogen (secondary N) is 2. The third-order valence-corrected chi connectivity index (χ3v) is 6.82. The van der Waals surface area contributed by atoms with Gasteiger partial charge in [0, 0.05) is 12.6 Å². The minimum atomic E-state index is -3.04. The summed E-state index contributed by atoms with van der Waals surface area (Å²) >= 11 is 0. The van der Waals surface area contributed by atoms with Gasteiger partial charge in [0.1, 0.15) is 5.75 Å². The van der Waals surface area contributed by atoms with E-state index in [1.807, 2.05) is 32.0 Å². The molecule has 8 heteroatoms. The molecule has 3 rings (SSSR count). The van der Waals surface area contributed by atoms with Crippen LogP contribution in [0.1, 0.15) is 38.2 Å². The van der Waals surface area contributed by atoms with E-state index in [0.29, 0.717) is 43.9 Å². The van der Waals surface area contributed by atoms with Gasteiger partial charge in [-0.15, -0.1) is 0 Å². The maximum absolute atomic E-state index is 12.5. The molecule has 1 spiro atoms. The number of hydrogen-bond donors (Lipinski definition) is 2. The Hall–Kier alpha value is -1.80. The summed E-state index contributed by atoms with van der Waals surface area (Å²) in [5, 5.41) is 5.82. The van der Waals surface area contributed by atoms with Gasteiger partial charge in [0.2, 0.25) is 0 Å². The molecule has 2 atom stereocenters. The third kappa shape index (κ3) is 5.13. The Balaban J connectivity index is 1.61. The number of hydrogen-bond acceptors (Lipinski definition) is 5. The van der Waals surface area contributed by atoms with Crippen LogP contribution in [-0.2, 0) is 14.6 Å². The van der Waals surface area contributed by atoms with Gasteiger partial charge in [-0.3, -0.25) is 0 Å². The molecule has 7 nitrogen and oxygen atoms in total. The number of benzene rings is 1. The molecule has 2 saturated heterocycles. The van der Waals surface area contributed by atoms with Crippen LogP contribution in [0, 0.1) is 6.92 Å². The van der Waals surface area contributed by atoms with E-state index >= 15 is 0 Å². The van der Waals surface area contributed by atoms with Gasteiger partial charge in [-0.2, -0.15) is 0 Å². The molecular formula is C19H28N2O5S. The zero-order valence-electron chi connectivity index (χ0n) is 15.9. The summed E-state index contributed by atoms with van der Waals surface area (Å²) in [6.07, 6.45) is 2.57. The minimum absolute atomic E-state index is 0.0484. The molecule has 0 unspecified atom stereocenters. The van der Waals surface area contributed by atoms with Crippen molar-refractivity contribution in [2.24, 2.45) is 0 Å². The molecule has 1 aromatic carbocycles. The van der Waals surface area contributed by atoms with Gasteiger partial charge < -0.3 is 20.1 Å². The van der Waals surface area contributed by atoms with Gasteiger partial charge in [-0.1, -0.05) is 13.0 Å². The van der Waals surface area contributed by atoms with Crippen molar-refractivity contribution < 1.29 is 22.7 Å². The van der Waals surface area contributed by atoms with Crippen LogP contribution in [0.25, 0.3) is 0 Å². The second-order valence-corrected chi connectivity index (χ2v) is 9.69. The zero-order chi connectivity index (χ0) is 19.5. The first-order chi connectivity index (χ1) is 12.8. The Labute approximate surface area is 160 Å². The molecule has 1 aromatic rings. The van der Waals surface area contributed by atoms with E-state index in [9.17, 15) is 13.2 Å². The normalized spacial score (nSPS) is 26.7. The topological polar surface area (TPSA) is 93.7 Å². The Bertz CT molecular complexity index is 795. The lowest BCUT2D eigenvalue weighted by Gasteiger charge is -2.37. The van der Waals surface area contributed by atoms with Crippen molar-refractivity contribution in [2.75, 3.05) is 30.0 Å². The second kappa shape index (κ2) is 8.06. The summed E-state index contributed by atoms with van der Waals surface area (Å²) in [6, 6.07) is 5.22. The van der Waals surface area contributed by atoms with Gasteiger partial charge in [-0.25, -0.2) is 13.2 Å². The molecule has 2 amide bonds. The fourth-order valence-corrected chi connectivity index (χ4v) is 5.69. The maximum Gasteiger partial charge on any atom is 0.319 e. The highest BCUT2D eigenvalue weighted by Gasteiger charge is 2.46. The molecule has 0 aromatic heterocycles. The van der Waals surface area contributed by atoms with Crippen LogP contribution in [0.4, 0.5) is 10.5 Å². The van der Waals surface area contributed by atoms with Crippen LogP contribution < -0.4 is 15.4 Å². The number of carbonyl (C=O) groups is 1. The summed E-state index contributed by atoms with van der Waals surface area (Å²) in [5.41, 5.74) is 1.03. The predicted octanol–water partition coefficient (Wildman–Crippen LogP) is 2.64. The van der Waals surface area contributed by atoms with Gasteiger partial charge >= 0.3 is 6.03 Å². The van der Waals surface area contributed by atoms with Gasteiger partial charge in [0.05, 0.1) is 29.4 Å². The molecule has 2 aliphatic heterocycles. The average molecular weight is 397 g/mol. The first kappa shape index (κ1) is 19.9. The highest BCUT2D eigenvalue weighted by molar-refractivity contribution is 7.91. The molecule has 2 aliphatic rings. The van der Waals surface area contributed by atoms with E-state index in [0.717, 1.165) is 12.0 Å². The van der Waals surface area contributed by atoms with Crippen LogP contribution in [0.3, 0.4) is 0 Å². The number of sulfone groups is 1. The fraction of sp³-hybridized carbons (Fsp3) is 0.632. The summed E-state index contributed by atoms with van der Waals surface area (Å²) in [4.78, 5) is 12.5. The number of carbonyl (C=O) groups excluding carboxylic acids is 1. The van der Waals surface area contributed by atoms with Crippen molar-refractivity contribution in [1.82, 2.24) is 5.32 Å². The number of anilines is 1. The monoisotopic (exact) mass is 396 g/mol. The van der Waals surface area contributed by atoms with Crippen molar-refractivity contribution >= 4 is 21.6 Å². The second-order valence-electron chi connectivity index (χ2n) is 7.51. The number of urea groups is 1. The predicted molar refractivity (Wildman–Crippen MR) is 104 cm³/mol. The van der Waals surface area contributed by atoms with E-state index in [1.165, 1.54) is 0 Å². The van der Waals surface area contributed by atoms with E-state index in [1.54, 1.807) is 0 Å². The van der Waals surface area contributed by atoms with Crippen molar-refractivity contribution in [2.45, 2.75) is 51.2 Å². The first-order valence-electron chi connectivity index (χ1n) is 9.46. The Kier molecular flexibility index (Phi) is 5.95. The standard InChI is InChI=1S/C19H28N2O5S/c1-3-8-25-17-11-14(2)4-5-16(17)21-18(22)20-15-6-9-26-19(12-15)7-10-27(23,24)13-19/h4-5,11,15H,3,6-10,12-13H2,1-2H3,(H2,20,21,22)/t15-,19-/m1/s1. The molecule has 2 fully saturated rings. The summed E-state index contributed by atoms with van der Waals surface area (Å²) < 4.78 is 35.2. The lowest BCUT2D eigenvalue weighted by Crippen LogP contribution is -2.50. The minimum Gasteiger partial charge on any atom is -0.491 e. The quantitative estimate of drug-likeness (QED) is 0.798. The van der Waals surface area contributed by atoms with Crippen LogP contribution in [0.5, 0.6) is 5.75 Å². The number of amides is 2. The Morgan fingerprint density at radius 3 is 2.93 bits per heavy atom. The van der Waals surface area contributed by atoms with E-state index < -0.39 is 15.4 Å². The molecule has 0 aliphatic carbocycles.